The second kappa shape index (κ2) is 4.40. The van der Waals surface area contributed by atoms with Crippen LogP contribution in [0.15, 0.2) is 22.9 Å². The lowest BCUT2D eigenvalue weighted by atomic mass is 10.2. The maximum Gasteiger partial charge on any atom is 0.339 e. The highest BCUT2D eigenvalue weighted by molar-refractivity contribution is 6.08. The number of aryl methyl sites for hydroxylation is 2. The van der Waals surface area contributed by atoms with Crippen molar-refractivity contribution in [3.63, 3.8) is 0 Å². The first-order chi connectivity index (χ1) is 8.49. The van der Waals surface area contributed by atoms with E-state index in [-0.39, 0.29) is 11.3 Å². The van der Waals surface area contributed by atoms with Crippen molar-refractivity contribution < 1.29 is 19.1 Å². The van der Waals surface area contributed by atoms with Crippen LogP contribution in [0.3, 0.4) is 0 Å². The first kappa shape index (κ1) is 12.0. The van der Waals surface area contributed by atoms with Gasteiger partial charge in [-0.2, -0.15) is 0 Å². The second-order valence-corrected chi connectivity index (χ2v) is 3.91. The van der Waals surface area contributed by atoms with Crippen molar-refractivity contribution in [2.75, 3.05) is 5.32 Å². The smallest absolute Gasteiger partial charge is 0.339 e. The highest BCUT2D eigenvalue weighted by atomic mass is 16.4. The fourth-order valence-corrected chi connectivity index (χ4v) is 1.66. The molecule has 0 bridgehead atoms. The fourth-order valence-electron chi connectivity index (χ4n) is 1.66. The molecule has 6 nitrogen and oxygen atoms in total. The fraction of sp³-hybridized carbons (Fsp3) is 0.167. The normalized spacial score (nSPS) is 10.3. The molecule has 2 aromatic heterocycles. The SMILES string of the molecule is Cc1cc(C(=O)Nc2c[nH]c(C)c2C(=O)O)co1. The van der Waals surface area contributed by atoms with E-state index in [1.54, 1.807) is 19.9 Å². The highest BCUT2D eigenvalue weighted by Crippen LogP contribution is 2.20. The lowest BCUT2D eigenvalue weighted by Gasteiger charge is -2.02. The number of rotatable bonds is 3. The van der Waals surface area contributed by atoms with Gasteiger partial charge in [0.25, 0.3) is 5.91 Å². The van der Waals surface area contributed by atoms with Gasteiger partial charge >= 0.3 is 5.97 Å². The number of anilines is 1. The molecule has 18 heavy (non-hydrogen) atoms. The van der Waals surface area contributed by atoms with Gasteiger partial charge in [0.2, 0.25) is 0 Å². The van der Waals surface area contributed by atoms with Crippen LogP contribution in [0.1, 0.15) is 32.2 Å². The van der Waals surface area contributed by atoms with Crippen LogP contribution >= 0.6 is 0 Å². The van der Waals surface area contributed by atoms with Gasteiger partial charge in [0.05, 0.1) is 11.3 Å². The molecule has 0 aliphatic rings. The Bertz CT molecular complexity index is 609. The number of carboxylic acids is 1. The third-order valence-corrected chi connectivity index (χ3v) is 2.53. The number of nitrogens with one attached hydrogen (secondary N) is 2. The summed E-state index contributed by atoms with van der Waals surface area (Å²) in [5.74, 6) is -0.885. The van der Waals surface area contributed by atoms with Gasteiger partial charge in [-0.3, -0.25) is 4.79 Å². The van der Waals surface area contributed by atoms with Crippen molar-refractivity contribution in [2.45, 2.75) is 13.8 Å². The molecule has 2 rings (SSSR count). The third kappa shape index (κ3) is 2.13. The van der Waals surface area contributed by atoms with Crippen molar-refractivity contribution in [2.24, 2.45) is 0 Å². The summed E-state index contributed by atoms with van der Waals surface area (Å²) in [6.07, 6.45) is 2.77. The minimum absolute atomic E-state index is 0.0589. The summed E-state index contributed by atoms with van der Waals surface area (Å²) in [5.41, 5.74) is 1.14. The van der Waals surface area contributed by atoms with Crippen LogP contribution in [0.5, 0.6) is 0 Å². The van der Waals surface area contributed by atoms with Crippen molar-refractivity contribution in [1.29, 1.82) is 0 Å². The number of carboxylic acid groups (broad SMARTS) is 1. The zero-order chi connectivity index (χ0) is 13.3. The number of aromatic carboxylic acids is 1. The number of furan rings is 1. The Kier molecular flexibility index (Phi) is 2.93. The summed E-state index contributed by atoms with van der Waals surface area (Å²) in [5, 5.41) is 11.6. The van der Waals surface area contributed by atoms with Crippen LogP contribution in [0.25, 0.3) is 0 Å². The van der Waals surface area contributed by atoms with Crippen LogP contribution in [-0.2, 0) is 0 Å². The number of amides is 1. The van der Waals surface area contributed by atoms with E-state index < -0.39 is 11.9 Å². The Balaban J connectivity index is 2.25. The standard InChI is InChI=1S/C12H12N2O4/c1-6-3-8(5-18-6)11(15)14-9-4-13-7(2)10(9)12(16)17/h3-5,13H,1-2H3,(H,14,15)(H,16,17). The molecule has 0 atom stereocenters. The molecule has 0 saturated heterocycles. The molecule has 2 aromatic rings. The number of carbonyl (C=O) groups is 2. The van der Waals surface area contributed by atoms with E-state index in [9.17, 15) is 9.59 Å². The summed E-state index contributed by atoms with van der Waals surface area (Å²) >= 11 is 0. The van der Waals surface area contributed by atoms with Gasteiger partial charge in [-0.25, -0.2) is 4.79 Å². The number of carbonyl (C=O) groups excluding carboxylic acids is 1. The van der Waals surface area contributed by atoms with Gasteiger partial charge in [-0.15, -0.1) is 0 Å². The molecule has 0 unspecified atom stereocenters. The maximum absolute atomic E-state index is 11.8. The second-order valence-electron chi connectivity index (χ2n) is 3.91. The highest BCUT2D eigenvalue weighted by Gasteiger charge is 2.18. The lowest BCUT2D eigenvalue weighted by molar-refractivity contribution is 0.0697. The molecular weight excluding hydrogens is 236 g/mol. The molecule has 94 valence electrons. The van der Waals surface area contributed by atoms with Crippen molar-refractivity contribution in [3.8, 4) is 0 Å². The van der Waals surface area contributed by atoms with Crippen LogP contribution < -0.4 is 5.32 Å². The Morgan fingerprint density at radius 1 is 1.39 bits per heavy atom. The Morgan fingerprint density at radius 2 is 2.11 bits per heavy atom. The van der Waals surface area contributed by atoms with E-state index in [1.165, 1.54) is 12.5 Å². The van der Waals surface area contributed by atoms with Crippen LogP contribution in [0.2, 0.25) is 0 Å². The molecule has 1 amide bonds. The van der Waals surface area contributed by atoms with Gasteiger partial charge in [-0.1, -0.05) is 0 Å². The van der Waals surface area contributed by atoms with E-state index in [0.29, 0.717) is 17.0 Å². The first-order valence-electron chi connectivity index (χ1n) is 5.27. The molecule has 0 aliphatic heterocycles. The Morgan fingerprint density at radius 3 is 2.67 bits per heavy atom. The number of H-pyrrole nitrogens is 1. The van der Waals surface area contributed by atoms with E-state index in [2.05, 4.69) is 10.3 Å². The first-order valence-corrected chi connectivity index (χ1v) is 5.27. The van der Waals surface area contributed by atoms with Gasteiger partial charge in [0.1, 0.15) is 17.6 Å². The molecule has 2 heterocycles. The zero-order valence-electron chi connectivity index (χ0n) is 9.90. The van der Waals surface area contributed by atoms with Crippen LogP contribution in [0.4, 0.5) is 5.69 Å². The number of aromatic nitrogens is 1. The topological polar surface area (TPSA) is 95.3 Å². The van der Waals surface area contributed by atoms with Gasteiger partial charge in [0, 0.05) is 11.9 Å². The monoisotopic (exact) mass is 248 g/mol. The molecule has 0 saturated carbocycles. The predicted molar refractivity (Wildman–Crippen MR) is 63.9 cm³/mol. The quantitative estimate of drug-likeness (QED) is 0.775. The predicted octanol–water partition coefficient (Wildman–Crippen LogP) is 2.18. The minimum Gasteiger partial charge on any atom is -0.478 e. The number of hydrogen-bond acceptors (Lipinski definition) is 3. The number of hydrogen-bond donors (Lipinski definition) is 3. The van der Waals surface area contributed by atoms with Crippen molar-refractivity contribution >= 4 is 17.6 Å². The third-order valence-electron chi connectivity index (χ3n) is 2.53. The maximum atomic E-state index is 11.8. The van der Waals surface area contributed by atoms with E-state index in [0.717, 1.165) is 0 Å². The van der Waals surface area contributed by atoms with Gasteiger partial charge < -0.3 is 19.8 Å². The summed E-state index contributed by atoms with van der Waals surface area (Å²) in [4.78, 5) is 25.6. The molecular formula is C12H12N2O4. The average Bonchev–Trinajstić information content (AvgIpc) is 2.85. The molecule has 6 heteroatoms. The molecule has 0 aromatic carbocycles. The van der Waals surface area contributed by atoms with Crippen LogP contribution in [-0.4, -0.2) is 22.0 Å². The Hall–Kier alpha value is -2.50. The molecule has 3 N–H and O–H groups in total. The summed E-state index contributed by atoms with van der Waals surface area (Å²) in [6, 6.07) is 1.58. The van der Waals surface area contributed by atoms with Crippen molar-refractivity contribution in [3.05, 3.63) is 41.1 Å². The van der Waals surface area contributed by atoms with E-state index >= 15 is 0 Å². The average molecular weight is 248 g/mol. The van der Waals surface area contributed by atoms with E-state index in [4.69, 9.17) is 9.52 Å². The summed E-state index contributed by atoms with van der Waals surface area (Å²) < 4.78 is 5.02. The van der Waals surface area contributed by atoms with Gasteiger partial charge in [0.15, 0.2) is 0 Å². The molecule has 0 fully saturated rings. The minimum atomic E-state index is -1.09. The lowest BCUT2D eigenvalue weighted by Crippen LogP contribution is -2.13. The zero-order valence-corrected chi connectivity index (χ0v) is 9.90. The largest absolute Gasteiger partial charge is 0.478 e. The summed E-state index contributed by atoms with van der Waals surface area (Å²) in [7, 11) is 0. The van der Waals surface area contributed by atoms with Gasteiger partial charge in [-0.05, 0) is 19.9 Å². The van der Waals surface area contributed by atoms with Crippen molar-refractivity contribution in [1.82, 2.24) is 4.98 Å². The summed E-state index contributed by atoms with van der Waals surface area (Å²) in [6.45, 7) is 3.35. The molecule has 0 radical (unpaired) electrons. The Labute approximate surface area is 103 Å². The number of aromatic amines is 1. The molecule has 0 aliphatic carbocycles. The van der Waals surface area contributed by atoms with Crippen LogP contribution in [0, 0.1) is 13.8 Å². The molecule has 0 spiro atoms. The van der Waals surface area contributed by atoms with E-state index in [1.807, 2.05) is 0 Å².